The summed E-state index contributed by atoms with van der Waals surface area (Å²) in [6, 6.07) is 18.3. The van der Waals surface area contributed by atoms with E-state index < -0.39 is 4.33 Å². The number of alkyl halides is 2. The Balaban J connectivity index is 1.47. The molecular formula is C26H23Cl5N2O. The Morgan fingerprint density at radius 2 is 1.65 bits per heavy atom. The van der Waals surface area contributed by atoms with Gasteiger partial charge in [0.15, 0.2) is 0 Å². The molecule has 1 amide bonds. The zero-order chi connectivity index (χ0) is 24.6. The molecule has 3 aromatic carbocycles. The third-order valence-corrected chi connectivity index (χ3v) is 7.81. The van der Waals surface area contributed by atoms with Gasteiger partial charge in [0, 0.05) is 39.8 Å². The maximum absolute atomic E-state index is 13.0. The minimum absolute atomic E-state index is 0.0590. The maximum Gasteiger partial charge on any atom is 0.257 e. The van der Waals surface area contributed by atoms with Crippen molar-refractivity contribution in [2.75, 3.05) is 17.2 Å². The van der Waals surface area contributed by atoms with Gasteiger partial charge in [0.1, 0.15) is 4.33 Å². The molecule has 34 heavy (non-hydrogen) atoms. The van der Waals surface area contributed by atoms with Crippen molar-refractivity contribution >= 4 is 75.3 Å². The van der Waals surface area contributed by atoms with Crippen LogP contribution < -0.4 is 10.6 Å². The molecule has 2 unspecified atom stereocenters. The fraction of sp³-hybridized carbons (Fsp3) is 0.269. The molecule has 0 heterocycles. The molecule has 4 rings (SSSR count). The van der Waals surface area contributed by atoms with Crippen molar-refractivity contribution in [3.63, 3.8) is 0 Å². The molecule has 0 aliphatic heterocycles. The number of anilines is 2. The van der Waals surface area contributed by atoms with E-state index in [-0.39, 0.29) is 23.7 Å². The van der Waals surface area contributed by atoms with Crippen molar-refractivity contribution in [2.45, 2.75) is 30.0 Å². The molecule has 8 heteroatoms. The molecule has 2 atom stereocenters. The molecule has 0 saturated heterocycles. The normalized spacial score (nSPS) is 18.6. The van der Waals surface area contributed by atoms with Gasteiger partial charge in [-0.3, -0.25) is 4.79 Å². The smallest absolute Gasteiger partial charge is 0.257 e. The fourth-order valence-electron chi connectivity index (χ4n) is 4.19. The van der Waals surface area contributed by atoms with Crippen molar-refractivity contribution in [2.24, 2.45) is 5.92 Å². The Hall–Kier alpha value is -1.62. The Morgan fingerprint density at radius 1 is 0.971 bits per heavy atom. The molecule has 0 bridgehead atoms. The lowest BCUT2D eigenvalue weighted by Gasteiger charge is -2.15. The summed E-state index contributed by atoms with van der Waals surface area (Å²) in [5.74, 6) is -0.172. The van der Waals surface area contributed by atoms with Gasteiger partial charge in [-0.25, -0.2) is 0 Å². The van der Waals surface area contributed by atoms with E-state index in [1.54, 1.807) is 18.2 Å². The zero-order valence-corrected chi connectivity index (χ0v) is 22.3. The van der Waals surface area contributed by atoms with Gasteiger partial charge in [0.05, 0.1) is 10.6 Å². The summed E-state index contributed by atoms with van der Waals surface area (Å²) >= 11 is 31.8. The van der Waals surface area contributed by atoms with Crippen LogP contribution in [0.1, 0.15) is 47.2 Å². The topological polar surface area (TPSA) is 41.1 Å². The van der Waals surface area contributed by atoms with E-state index >= 15 is 0 Å². The second kappa shape index (κ2) is 10.2. The molecular weight excluding hydrogens is 534 g/mol. The van der Waals surface area contributed by atoms with Gasteiger partial charge in [0.25, 0.3) is 5.91 Å². The third-order valence-electron chi connectivity index (χ3n) is 6.01. The van der Waals surface area contributed by atoms with E-state index in [1.807, 2.05) is 42.5 Å². The maximum atomic E-state index is 13.0. The second-order valence-corrected chi connectivity index (χ2v) is 11.5. The lowest BCUT2D eigenvalue weighted by molar-refractivity contribution is 0.102. The summed E-state index contributed by atoms with van der Waals surface area (Å²) in [6.07, 6.45) is 0. The van der Waals surface area contributed by atoms with Gasteiger partial charge < -0.3 is 10.6 Å². The Kier molecular flexibility index (Phi) is 7.61. The summed E-state index contributed by atoms with van der Waals surface area (Å²) in [5, 5.41) is 7.77. The van der Waals surface area contributed by atoms with Crippen molar-refractivity contribution in [3.8, 4) is 0 Å². The van der Waals surface area contributed by atoms with E-state index in [2.05, 4.69) is 24.5 Å². The number of para-hydroxylation sites is 1. The fourth-order valence-corrected chi connectivity index (χ4v) is 5.78. The summed E-state index contributed by atoms with van der Waals surface area (Å²) in [6.45, 7) is 4.66. The van der Waals surface area contributed by atoms with Gasteiger partial charge in [0.2, 0.25) is 0 Å². The number of amides is 1. The molecule has 1 aliphatic carbocycles. The summed E-state index contributed by atoms with van der Waals surface area (Å²) in [7, 11) is 0. The van der Waals surface area contributed by atoms with Crippen LogP contribution in [0.15, 0.2) is 60.7 Å². The lowest BCUT2D eigenvalue weighted by Crippen LogP contribution is -2.15. The number of hydrogen-bond donors (Lipinski definition) is 2. The predicted molar refractivity (Wildman–Crippen MR) is 146 cm³/mol. The number of carbonyl (C=O) groups excluding carboxylic acids is 1. The highest BCUT2D eigenvalue weighted by Gasteiger charge is 2.63. The summed E-state index contributed by atoms with van der Waals surface area (Å²) in [4.78, 5) is 13.0. The molecule has 0 aromatic heterocycles. The number of nitrogens with one attached hydrogen (secondary N) is 2. The quantitative estimate of drug-likeness (QED) is 0.285. The van der Waals surface area contributed by atoms with Crippen LogP contribution in [0, 0.1) is 5.92 Å². The predicted octanol–water partition coefficient (Wildman–Crippen LogP) is 9.02. The minimum atomic E-state index is -0.936. The number of rotatable bonds is 7. The molecule has 1 aliphatic rings. The molecule has 0 radical (unpaired) electrons. The highest BCUT2D eigenvalue weighted by molar-refractivity contribution is 6.52. The first-order valence-electron chi connectivity index (χ1n) is 10.9. The first kappa shape index (κ1) is 25.5. The number of hydrogen-bond acceptors (Lipinski definition) is 2. The van der Waals surface area contributed by atoms with Crippen molar-refractivity contribution in [1.29, 1.82) is 0 Å². The van der Waals surface area contributed by atoms with E-state index in [9.17, 15) is 4.79 Å². The van der Waals surface area contributed by atoms with E-state index in [4.69, 9.17) is 58.0 Å². The largest absolute Gasteiger partial charge is 0.385 e. The zero-order valence-electron chi connectivity index (χ0n) is 18.5. The molecule has 1 fully saturated rings. The van der Waals surface area contributed by atoms with Gasteiger partial charge in [-0.15, -0.1) is 23.2 Å². The SMILES string of the molecule is CC(C)c1ccccc1NC(=O)c1cc(NCC2C(c3cc(Cl)cc(Cl)c3)C2(Cl)Cl)ccc1Cl. The van der Waals surface area contributed by atoms with Crippen LogP contribution in [0.5, 0.6) is 0 Å². The van der Waals surface area contributed by atoms with E-state index in [0.717, 1.165) is 22.5 Å². The van der Waals surface area contributed by atoms with Gasteiger partial charge in [-0.1, -0.05) is 66.8 Å². The second-order valence-electron chi connectivity index (χ2n) is 8.73. The average molecular weight is 557 g/mol. The van der Waals surface area contributed by atoms with Crippen LogP contribution in [0.2, 0.25) is 15.1 Å². The van der Waals surface area contributed by atoms with Crippen molar-refractivity contribution in [1.82, 2.24) is 0 Å². The summed E-state index contributed by atoms with van der Waals surface area (Å²) in [5.41, 5.74) is 3.84. The van der Waals surface area contributed by atoms with Crippen LogP contribution in [0.25, 0.3) is 0 Å². The molecule has 3 nitrogen and oxygen atoms in total. The number of carbonyl (C=O) groups is 1. The standard InChI is InChI=1S/C26H23Cl5N2O/c1-14(2)19-5-3-4-6-23(19)33-25(34)20-12-18(7-8-22(20)29)32-13-21-24(26(21,30)31)15-9-16(27)11-17(28)10-15/h3-12,14,21,24,32H,13H2,1-2H3,(H,33,34). The van der Waals surface area contributed by atoms with Gasteiger partial charge in [-0.05, 0) is 59.5 Å². The van der Waals surface area contributed by atoms with Gasteiger partial charge >= 0.3 is 0 Å². The molecule has 178 valence electrons. The van der Waals surface area contributed by atoms with Crippen LogP contribution in [0.3, 0.4) is 0 Å². The summed E-state index contributed by atoms with van der Waals surface area (Å²) < 4.78 is -0.936. The molecule has 0 spiro atoms. The van der Waals surface area contributed by atoms with Crippen LogP contribution in [-0.4, -0.2) is 16.8 Å². The lowest BCUT2D eigenvalue weighted by atomic mass is 10.0. The number of benzene rings is 3. The van der Waals surface area contributed by atoms with Gasteiger partial charge in [-0.2, -0.15) is 0 Å². The van der Waals surface area contributed by atoms with Crippen LogP contribution in [-0.2, 0) is 0 Å². The average Bonchev–Trinajstić information content (AvgIpc) is 3.32. The van der Waals surface area contributed by atoms with Crippen molar-refractivity contribution in [3.05, 3.63) is 92.4 Å². The third kappa shape index (κ3) is 5.45. The van der Waals surface area contributed by atoms with E-state index in [1.165, 1.54) is 0 Å². The highest BCUT2D eigenvalue weighted by atomic mass is 35.5. The minimum Gasteiger partial charge on any atom is -0.385 e. The van der Waals surface area contributed by atoms with Crippen LogP contribution in [0.4, 0.5) is 11.4 Å². The highest BCUT2D eigenvalue weighted by Crippen LogP contribution is 2.65. The first-order valence-corrected chi connectivity index (χ1v) is 12.7. The molecule has 3 aromatic rings. The van der Waals surface area contributed by atoms with Crippen molar-refractivity contribution < 1.29 is 4.79 Å². The molecule has 1 saturated carbocycles. The first-order chi connectivity index (χ1) is 16.1. The monoisotopic (exact) mass is 554 g/mol. The molecule has 2 N–H and O–H groups in total. The number of halogens is 5. The Labute approximate surface area is 224 Å². The Bertz CT molecular complexity index is 1210. The van der Waals surface area contributed by atoms with E-state index in [0.29, 0.717) is 27.2 Å². The van der Waals surface area contributed by atoms with Crippen LogP contribution >= 0.6 is 58.0 Å². The Morgan fingerprint density at radius 3 is 2.32 bits per heavy atom.